The van der Waals surface area contributed by atoms with Crippen LogP contribution in [0.4, 0.5) is 0 Å². The standard InChI is InChI=1S/C16H23NO4/c1-11(15(19)21-16(2,3)4)17-14(18)10-12-7-6-8-13(9-12)20-5/h6-9,11H,10H2,1-5H3,(H,17,18)/t11-/m0/s1. The van der Waals surface area contributed by atoms with Gasteiger partial charge in [0.2, 0.25) is 5.91 Å². The van der Waals surface area contributed by atoms with Gasteiger partial charge in [-0.25, -0.2) is 4.79 Å². The van der Waals surface area contributed by atoms with Crippen LogP contribution < -0.4 is 10.1 Å². The van der Waals surface area contributed by atoms with Gasteiger partial charge < -0.3 is 14.8 Å². The van der Waals surface area contributed by atoms with Crippen molar-refractivity contribution in [3.05, 3.63) is 29.8 Å². The monoisotopic (exact) mass is 293 g/mol. The number of hydrogen-bond donors (Lipinski definition) is 1. The number of methoxy groups -OCH3 is 1. The molecule has 21 heavy (non-hydrogen) atoms. The number of amides is 1. The van der Waals surface area contributed by atoms with Gasteiger partial charge in [0.25, 0.3) is 0 Å². The average Bonchev–Trinajstić information content (AvgIpc) is 2.36. The molecule has 1 atom stereocenters. The van der Waals surface area contributed by atoms with Gasteiger partial charge >= 0.3 is 5.97 Å². The van der Waals surface area contributed by atoms with Crippen LogP contribution >= 0.6 is 0 Å². The molecule has 0 unspecified atom stereocenters. The molecular weight excluding hydrogens is 270 g/mol. The van der Waals surface area contributed by atoms with Crippen LogP contribution in [0.1, 0.15) is 33.3 Å². The Labute approximate surface area is 125 Å². The van der Waals surface area contributed by atoms with E-state index < -0.39 is 17.6 Å². The van der Waals surface area contributed by atoms with Gasteiger partial charge in [-0.1, -0.05) is 12.1 Å². The van der Waals surface area contributed by atoms with Crippen molar-refractivity contribution in [1.82, 2.24) is 5.32 Å². The van der Waals surface area contributed by atoms with E-state index in [1.54, 1.807) is 40.9 Å². The molecule has 5 heteroatoms. The van der Waals surface area contributed by atoms with Gasteiger partial charge in [0.1, 0.15) is 17.4 Å². The lowest BCUT2D eigenvalue weighted by Crippen LogP contribution is -2.42. The van der Waals surface area contributed by atoms with Crippen LogP contribution in [-0.4, -0.2) is 30.6 Å². The van der Waals surface area contributed by atoms with Gasteiger partial charge in [-0.15, -0.1) is 0 Å². The van der Waals surface area contributed by atoms with Crippen LogP contribution in [-0.2, 0) is 20.7 Å². The van der Waals surface area contributed by atoms with E-state index in [0.717, 1.165) is 5.56 Å². The van der Waals surface area contributed by atoms with Gasteiger partial charge in [0.15, 0.2) is 0 Å². The molecule has 0 bridgehead atoms. The Morgan fingerprint density at radius 3 is 2.52 bits per heavy atom. The molecule has 1 aromatic carbocycles. The summed E-state index contributed by atoms with van der Waals surface area (Å²) in [4.78, 5) is 23.7. The fraction of sp³-hybridized carbons (Fsp3) is 0.500. The number of carbonyl (C=O) groups is 2. The average molecular weight is 293 g/mol. The zero-order valence-electron chi connectivity index (χ0n) is 13.2. The summed E-state index contributed by atoms with van der Waals surface area (Å²) >= 11 is 0. The molecule has 0 aliphatic heterocycles. The number of ether oxygens (including phenoxy) is 2. The fourth-order valence-electron chi connectivity index (χ4n) is 1.71. The van der Waals surface area contributed by atoms with Crippen molar-refractivity contribution in [2.24, 2.45) is 0 Å². The van der Waals surface area contributed by atoms with Gasteiger partial charge in [0.05, 0.1) is 13.5 Å². The lowest BCUT2D eigenvalue weighted by molar-refractivity contribution is -0.158. The molecule has 0 radical (unpaired) electrons. The zero-order valence-corrected chi connectivity index (χ0v) is 13.2. The quantitative estimate of drug-likeness (QED) is 0.844. The highest BCUT2D eigenvalue weighted by Gasteiger charge is 2.22. The van der Waals surface area contributed by atoms with Crippen molar-refractivity contribution < 1.29 is 19.1 Å². The number of benzene rings is 1. The second kappa shape index (κ2) is 7.11. The summed E-state index contributed by atoms with van der Waals surface area (Å²) in [6, 6.07) is 6.57. The molecule has 1 N–H and O–H groups in total. The summed E-state index contributed by atoms with van der Waals surface area (Å²) < 4.78 is 10.3. The molecule has 0 saturated carbocycles. The second-order valence-electron chi connectivity index (χ2n) is 5.85. The number of esters is 1. The number of hydrogen-bond acceptors (Lipinski definition) is 4. The smallest absolute Gasteiger partial charge is 0.328 e. The number of carbonyl (C=O) groups excluding carboxylic acids is 2. The number of nitrogens with one attached hydrogen (secondary N) is 1. The lowest BCUT2D eigenvalue weighted by atomic mass is 10.1. The molecule has 116 valence electrons. The number of rotatable bonds is 5. The van der Waals surface area contributed by atoms with Crippen molar-refractivity contribution in [2.75, 3.05) is 7.11 Å². The summed E-state index contributed by atoms with van der Waals surface area (Å²) in [7, 11) is 1.57. The summed E-state index contributed by atoms with van der Waals surface area (Å²) in [5.74, 6) is 0.0172. The summed E-state index contributed by atoms with van der Waals surface area (Å²) in [6.45, 7) is 6.97. The van der Waals surface area contributed by atoms with Crippen LogP contribution in [0.2, 0.25) is 0 Å². The molecule has 0 fully saturated rings. The normalized spacial score (nSPS) is 12.4. The Morgan fingerprint density at radius 2 is 1.95 bits per heavy atom. The molecule has 0 spiro atoms. The third-order valence-electron chi connectivity index (χ3n) is 2.64. The van der Waals surface area contributed by atoms with Crippen LogP contribution in [0, 0.1) is 0 Å². The Bertz CT molecular complexity index is 505. The van der Waals surface area contributed by atoms with E-state index >= 15 is 0 Å². The molecule has 0 heterocycles. The first-order chi connectivity index (χ1) is 9.71. The predicted molar refractivity (Wildman–Crippen MR) is 80.1 cm³/mol. The highest BCUT2D eigenvalue weighted by Crippen LogP contribution is 2.13. The van der Waals surface area contributed by atoms with E-state index in [-0.39, 0.29) is 12.3 Å². The first-order valence-corrected chi connectivity index (χ1v) is 6.86. The molecule has 1 aromatic rings. The van der Waals surface area contributed by atoms with E-state index in [4.69, 9.17) is 9.47 Å². The third kappa shape index (κ3) is 6.29. The van der Waals surface area contributed by atoms with Crippen LogP contribution in [0.5, 0.6) is 5.75 Å². The topological polar surface area (TPSA) is 64.6 Å². The van der Waals surface area contributed by atoms with Gasteiger partial charge in [-0.3, -0.25) is 4.79 Å². The first kappa shape index (κ1) is 17.0. The van der Waals surface area contributed by atoms with Crippen molar-refractivity contribution in [1.29, 1.82) is 0 Å². The van der Waals surface area contributed by atoms with Crippen molar-refractivity contribution in [3.8, 4) is 5.75 Å². The Balaban J connectivity index is 2.54. The minimum absolute atomic E-state index is 0.185. The molecule has 0 aliphatic rings. The van der Waals surface area contributed by atoms with Crippen LogP contribution in [0.15, 0.2) is 24.3 Å². The molecule has 5 nitrogen and oxygen atoms in total. The van der Waals surface area contributed by atoms with E-state index in [9.17, 15) is 9.59 Å². The maximum atomic E-state index is 11.9. The van der Waals surface area contributed by atoms with Gasteiger partial charge in [-0.05, 0) is 45.4 Å². The van der Waals surface area contributed by atoms with E-state index in [1.807, 2.05) is 18.2 Å². The van der Waals surface area contributed by atoms with E-state index in [2.05, 4.69) is 5.32 Å². The van der Waals surface area contributed by atoms with Crippen molar-refractivity contribution >= 4 is 11.9 Å². The Morgan fingerprint density at radius 1 is 1.29 bits per heavy atom. The van der Waals surface area contributed by atoms with E-state index in [1.165, 1.54) is 0 Å². The third-order valence-corrected chi connectivity index (χ3v) is 2.64. The molecule has 1 amide bonds. The summed E-state index contributed by atoms with van der Waals surface area (Å²) in [5.41, 5.74) is 0.256. The SMILES string of the molecule is COc1cccc(CC(=O)N[C@@H](C)C(=O)OC(C)(C)C)c1. The minimum Gasteiger partial charge on any atom is -0.497 e. The van der Waals surface area contributed by atoms with Crippen molar-refractivity contribution in [2.45, 2.75) is 45.8 Å². The molecule has 0 saturated heterocycles. The lowest BCUT2D eigenvalue weighted by Gasteiger charge is -2.22. The summed E-state index contributed by atoms with van der Waals surface area (Å²) in [6.07, 6.45) is 0.185. The maximum Gasteiger partial charge on any atom is 0.328 e. The van der Waals surface area contributed by atoms with Gasteiger partial charge in [-0.2, -0.15) is 0 Å². The molecule has 1 rings (SSSR count). The Hall–Kier alpha value is -2.04. The molecule has 0 aromatic heterocycles. The fourth-order valence-corrected chi connectivity index (χ4v) is 1.71. The minimum atomic E-state index is -0.678. The van der Waals surface area contributed by atoms with E-state index in [0.29, 0.717) is 5.75 Å². The van der Waals surface area contributed by atoms with Crippen LogP contribution in [0.25, 0.3) is 0 Å². The maximum absolute atomic E-state index is 11.9. The first-order valence-electron chi connectivity index (χ1n) is 6.86. The highest BCUT2D eigenvalue weighted by molar-refractivity contribution is 5.85. The van der Waals surface area contributed by atoms with Crippen LogP contribution in [0.3, 0.4) is 0 Å². The summed E-state index contributed by atoms with van der Waals surface area (Å²) in [5, 5.41) is 2.63. The predicted octanol–water partition coefficient (Wildman–Crippen LogP) is 2.08. The zero-order chi connectivity index (χ0) is 16.0. The highest BCUT2D eigenvalue weighted by atomic mass is 16.6. The van der Waals surface area contributed by atoms with Crippen molar-refractivity contribution in [3.63, 3.8) is 0 Å². The molecular formula is C16H23NO4. The second-order valence-corrected chi connectivity index (χ2v) is 5.85. The largest absolute Gasteiger partial charge is 0.497 e. The van der Waals surface area contributed by atoms with Gasteiger partial charge in [0, 0.05) is 0 Å². The Kier molecular flexibility index (Phi) is 5.76. The molecule has 0 aliphatic carbocycles.